The third-order valence-electron chi connectivity index (χ3n) is 4.38. The van der Waals surface area contributed by atoms with Crippen LogP contribution in [0.25, 0.3) is 0 Å². The van der Waals surface area contributed by atoms with Gasteiger partial charge in [0.05, 0.1) is 7.11 Å². The van der Waals surface area contributed by atoms with Crippen molar-refractivity contribution in [1.29, 1.82) is 0 Å². The van der Waals surface area contributed by atoms with Gasteiger partial charge < -0.3 is 4.74 Å². The molecule has 0 spiro atoms. The SMILES string of the molecule is CCNS(=O)(=O)NCC(c1ccc(OC)cc1)N1CCCCCC1. The van der Waals surface area contributed by atoms with Gasteiger partial charge in [-0.25, -0.2) is 9.44 Å². The summed E-state index contributed by atoms with van der Waals surface area (Å²) < 4.78 is 34.3. The number of rotatable bonds is 8. The van der Waals surface area contributed by atoms with Crippen LogP contribution in [0.2, 0.25) is 0 Å². The van der Waals surface area contributed by atoms with Gasteiger partial charge in [0.15, 0.2) is 0 Å². The summed E-state index contributed by atoms with van der Waals surface area (Å²) in [7, 11) is -1.80. The highest BCUT2D eigenvalue weighted by molar-refractivity contribution is 7.87. The van der Waals surface area contributed by atoms with E-state index in [4.69, 9.17) is 4.74 Å². The normalized spacial score (nSPS) is 18.1. The van der Waals surface area contributed by atoms with Crippen LogP contribution in [0.1, 0.15) is 44.2 Å². The third kappa shape index (κ3) is 5.73. The summed E-state index contributed by atoms with van der Waals surface area (Å²) in [4.78, 5) is 2.39. The van der Waals surface area contributed by atoms with E-state index in [-0.39, 0.29) is 6.04 Å². The molecule has 1 heterocycles. The number of hydrogen-bond donors (Lipinski definition) is 2. The zero-order valence-corrected chi connectivity index (χ0v) is 15.4. The highest BCUT2D eigenvalue weighted by Gasteiger charge is 2.23. The van der Waals surface area contributed by atoms with Gasteiger partial charge in [-0.1, -0.05) is 31.9 Å². The number of nitrogens with one attached hydrogen (secondary N) is 2. The van der Waals surface area contributed by atoms with Crippen molar-refractivity contribution in [1.82, 2.24) is 14.3 Å². The summed E-state index contributed by atoms with van der Waals surface area (Å²) in [6.45, 7) is 4.52. The topological polar surface area (TPSA) is 70.7 Å². The minimum absolute atomic E-state index is 0.0300. The molecule has 1 aliphatic heterocycles. The number of likely N-dealkylation sites (tertiary alicyclic amines) is 1. The van der Waals surface area contributed by atoms with E-state index in [9.17, 15) is 8.42 Å². The smallest absolute Gasteiger partial charge is 0.276 e. The van der Waals surface area contributed by atoms with Gasteiger partial charge in [0.2, 0.25) is 0 Å². The fraction of sp³-hybridized carbons (Fsp3) is 0.647. The summed E-state index contributed by atoms with van der Waals surface area (Å²) in [6, 6.07) is 7.94. The molecule has 7 heteroatoms. The Bertz CT molecular complexity index is 582. The first kappa shape index (κ1) is 19.2. The molecule has 1 unspecified atom stereocenters. The predicted molar refractivity (Wildman–Crippen MR) is 96.4 cm³/mol. The molecule has 0 radical (unpaired) electrons. The Morgan fingerprint density at radius 3 is 2.25 bits per heavy atom. The fourth-order valence-electron chi connectivity index (χ4n) is 3.12. The van der Waals surface area contributed by atoms with Gasteiger partial charge in [0.25, 0.3) is 10.2 Å². The zero-order chi connectivity index (χ0) is 17.4. The van der Waals surface area contributed by atoms with Crippen LogP contribution >= 0.6 is 0 Å². The van der Waals surface area contributed by atoms with Crippen molar-refractivity contribution in [3.63, 3.8) is 0 Å². The second-order valence-corrected chi connectivity index (χ2v) is 7.67. The van der Waals surface area contributed by atoms with Crippen LogP contribution in [0.3, 0.4) is 0 Å². The molecule has 24 heavy (non-hydrogen) atoms. The molecule has 1 saturated heterocycles. The largest absolute Gasteiger partial charge is 0.497 e. The number of ether oxygens (including phenoxy) is 1. The van der Waals surface area contributed by atoms with Gasteiger partial charge >= 0.3 is 0 Å². The lowest BCUT2D eigenvalue weighted by atomic mass is 10.0. The maximum Gasteiger partial charge on any atom is 0.276 e. The van der Waals surface area contributed by atoms with Crippen LogP contribution in [0.15, 0.2) is 24.3 Å². The third-order valence-corrected chi connectivity index (χ3v) is 5.60. The van der Waals surface area contributed by atoms with E-state index >= 15 is 0 Å². The van der Waals surface area contributed by atoms with Crippen molar-refractivity contribution < 1.29 is 13.2 Å². The van der Waals surface area contributed by atoms with Crippen LogP contribution in [0.5, 0.6) is 5.75 Å². The minimum Gasteiger partial charge on any atom is -0.497 e. The molecule has 0 aliphatic carbocycles. The molecule has 1 atom stereocenters. The summed E-state index contributed by atoms with van der Waals surface area (Å²) in [5.74, 6) is 0.807. The second-order valence-electron chi connectivity index (χ2n) is 6.09. The zero-order valence-electron chi connectivity index (χ0n) is 14.6. The highest BCUT2D eigenvalue weighted by Crippen LogP contribution is 2.25. The van der Waals surface area contributed by atoms with Gasteiger partial charge in [-0.15, -0.1) is 0 Å². The molecule has 0 saturated carbocycles. The van der Waals surface area contributed by atoms with E-state index < -0.39 is 10.2 Å². The Morgan fingerprint density at radius 2 is 1.71 bits per heavy atom. The van der Waals surface area contributed by atoms with Crippen LogP contribution in [-0.4, -0.2) is 46.6 Å². The van der Waals surface area contributed by atoms with Crippen LogP contribution in [0.4, 0.5) is 0 Å². The Balaban J connectivity index is 2.16. The Morgan fingerprint density at radius 1 is 1.08 bits per heavy atom. The lowest BCUT2D eigenvalue weighted by molar-refractivity contribution is 0.206. The first-order chi connectivity index (χ1) is 11.6. The summed E-state index contributed by atoms with van der Waals surface area (Å²) in [5.41, 5.74) is 1.11. The van der Waals surface area contributed by atoms with Crippen LogP contribution < -0.4 is 14.2 Å². The molecular weight excluding hydrogens is 326 g/mol. The van der Waals surface area contributed by atoms with E-state index in [0.717, 1.165) is 37.2 Å². The van der Waals surface area contributed by atoms with Crippen molar-refractivity contribution >= 4 is 10.2 Å². The molecule has 2 rings (SSSR count). The number of benzene rings is 1. The predicted octanol–water partition coefficient (Wildman–Crippen LogP) is 2.06. The van der Waals surface area contributed by atoms with Gasteiger partial charge in [-0.2, -0.15) is 8.42 Å². The molecule has 2 N–H and O–H groups in total. The maximum absolute atomic E-state index is 12.0. The van der Waals surface area contributed by atoms with Crippen molar-refractivity contribution in [2.24, 2.45) is 0 Å². The van der Waals surface area contributed by atoms with E-state index in [1.165, 1.54) is 12.8 Å². The summed E-state index contributed by atoms with van der Waals surface area (Å²) in [5, 5.41) is 0. The van der Waals surface area contributed by atoms with Gasteiger partial charge in [0, 0.05) is 19.1 Å². The summed E-state index contributed by atoms with van der Waals surface area (Å²) >= 11 is 0. The number of hydrogen-bond acceptors (Lipinski definition) is 4. The molecule has 1 aromatic carbocycles. The Hall–Kier alpha value is -1.15. The lowest BCUT2D eigenvalue weighted by Gasteiger charge is -2.31. The van der Waals surface area contributed by atoms with Crippen LogP contribution in [-0.2, 0) is 10.2 Å². The molecule has 6 nitrogen and oxygen atoms in total. The van der Waals surface area contributed by atoms with Crippen molar-refractivity contribution in [2.75, 3.05) is 33.3 Å². The summed E-state index contributed by atoms with van der Waals surface area (Å²) in [6.07, 6.45) is 4.81. The molecule has 0 amide bonds. The lowest BCUT2D eigenvalue weighted by Crippen LogP contribution is -2.42. The van der Waals surface area contributed by atoms with E-state index in [1.54, 1.807) is 14.0 Å². The fourth-order valence-corrected chi connectivity index (χ4v) is 3.98. The van der Waals surface area contributed by atoms with Crippen LogP contribution in [0, 0.1) is 0 Å². The van der Waals surface area contributed by atoms with Gasteiger partial charge in [0.1, 0.15) is 5.75 Å². The highest BCUT2D eigenvalue weighted by atomic mass is 32.2. The quantitative estimate of drug-likeness (QED) is 0.749. The van der Waals surface area contributed by atoms with E-state index in [0.29, 0.717) is 13.1 Å². The molecule has 1 aromatic rings. The van der Waals surface area contributed by atoms with Crippen molar-refractivity contribution in [3.8, 4) is 5.75 Å². The number of nitrogens with zero attached hydrogens (tertiary/aromatic N) is 1. The van der Waals surface area contributed by atoms with Crippen molar-refractivity contribution in [2.45, 2.75) is 38.6 Å². The Kier molecular flexibility index (Phi) is 7.48. The first-order valence-electron chi connectivity index (χ1n) is 8.68. The average Bonchev–Trinajstić information content (AvgIpc) is 2.85. The van der Waals surface area contributed by atoms with E-state index in [1.807, 2.05) is 24.3 Å². The molecular formula is C17H29N3O3S. The number of methoxy groups -OCH3 is 1. The average molecular weight is 356 g/mol. The standard InChI is InChI=1S/C17H29N3O3S/c1-3-18-24(21,22)19-14-17(20-12-6-4-5-7-13-20)15-8-10-16(23-2)11-9-15/h8-11,17-19H,3-7,12-14H2,1-2H3. The molecule has 136 valence electrons. The first-order valence-corrected chi connectivity index (χ1v) is 10.2. The maximum atomic E-state index is 12.0. The monoisotopic (exact) mass is 355 g/mol. The minimum atomic E-state index is -3.45. The second kappa shape index (κ2) is 9.36. The molecule has 0 bridgehead atoms. The Labute approximate surface area is 145 Å². The molecule has 0 aromatic heterocycles. The van der Waals surface area contributed by atoms with E-state index in [2.05, 4.69) is 14.3 Å². The van der Waals surface area contributed by atoms with Gasteiger partial charge in [-0.05, 0) is 43.6 Å². The molecule has 1 aliphatic rings. The van der Waals surface area contributed by atoms with Crippen molar-refractivity contribution in [3.05, 3.63) is 29.8 Å². The molecule has 1 fully saturated rings. The van der Waals surface area contributed by atoms with Gasteiger partial charge in [-0.3, -0.25) is 4.90 Å².